The van der Waals surface area contributed by atoms with Crippen molar-refractivity contribution in [3.8, 4) is 0 Å². The van der Waals surface area contributed by atoms with E-state index in [9.17, 15) is 13.2 Å². The molecule has 2 rings (SSSR count). The second kappa shape index (κ2) is 5.54. The Balaban J connectivity index is 2.20. The van der Waals surface area contributed by atoms with E-state index >= 15 is 0 Å². The van der Waals surface area contributed by atoms with Gasteiger partial charge >= 0.3 is 0 Å². The minimum Gasteiger partial charge on any atom is -0.365 e. The Kier molecular flexibility index (Phi) is 4.12. The van der Waals surface area contributed by atoms with Gasteiger partial charge in [0, 0.05) is 0 Å². The molecule has 0 saturated carbocycles. The van der Waals surface area contributed by atoms with Crippen LogP contribution in [0.5, 0.6) is 0 Å². The van der Waals surface area contributed by atoms with Crippen LogP contribution in [0.15, 0.2) is 9.42 Å². The number of aryl methyl sites for hydroxylation is 3. The highest BCUT2D eigenvalue weighted by Gasteiger charge is 2.24. The summed E-state index contributed by atoms with van der Waals surface area (Å²) in [6, 6.07) is 0. The molecule has 2 heterocycles. The largest absolute Gasteiger partial charge is 0.365 e. The summed E-state index contributed by atoms with van der Waals surface area (Å²) in [6.45, 7) is 4.67. The lowest BCUT2D eigenvalue weighted by Crippen LogP contribution is -2.24. The van der Waals surface area contributed by atoms with Gasteiger partial charge in [-0.15, -0.1) is 11.3 Å². The molecule has 3 N–H and O–H groups in total. The van der Waals surface area contributed by atoms with E-state index in [4.69, 9.17) is 10.3 Å². The molecule has 0 aliphatic rings. The molecule has 0 bridgehead atoms. The van der Waals surface area contributed by atoms with E-state index in [2.05, 4.69) is 14.9 Å². The normalized spacial score (nSPS) is 11.8. The van der Waals surface area contributed by atoms with Crippen LogP contribution in [0, 0.1) is 20.8 Å². The Bertz CT molecular complexity index is 772. The first-order chi connectivity index (χ1) is 9.72. The second-order valence-electron chi connectivity index (χ2n) is 4.36. The van der Waals surface area contributed by atoms with Gasteiger partial charge in [0.1, 0.15) is 20.5 Å². The van der Waals surface area contributed by atoms with Gasteiger partial charge in [-0.2, -0.15) is 0 Å². The van der Waals surface area contributed by atoms with Gasteiger partial charge in [-0.05, 0) is 20.8 Å². The molecular formula is C11H14N4O4S2. The Morgan fingerprint density at radius 2 is 2.00 bits per heavy atom. The molecule has 2 aromatic heterocycles. The zero-order valence-corrected chi connectivity index (χ0v) is 13.3. The van der Waals surface area contributed by atoms with Gasteiger partial charge in [0.2, 0.25) is 10.0 Å². The van der Waals surface area contributed by atoms with Crippen molar-refractivity contribution in [2.24, 2.45) is 5.73 Å². The first-order valence-corrected chi connectivity index (χ1v) is 8.21. The molecule has 0 saturated heterocycles. The third-order valence-electron chi connectivity index (χ3n) is 2.71. The summed E-state index contributed by atoms with van der Waals surface area (Å²) >= 11 is 1.06. The first kappa shape index (κ1) is 15.6. The summed E-state index contributed by atoms with van der Waals surface area (Å²) < 4.78 is 31.7. The lowest BCUT2D eigenvalue weighted by Gasteiger charge is -2.03. The first-order valence-electron chi connectivity index (χ1n) is 5.91. The standard InChI is InChI=1S/C11H14N4O4S2/c1-5-9(11(12)16)20-8(14-5)4-13-21(17,18)10-6(2)15-19-7(10)3/h13H,4H2,1-3H3,(H2,12,16). The number of amides is 1. The zero-order valence-electron chi connectivity index (χ0n) is 11.6. The molecule has 10 heteroatoms. The topological polar surface area (TPSA) is 128 Å². The molecule has 1 amide bonds. The van der Waals surface area contributed by atoms with E-state index in [1.165, 1.54) is 6.92 Å². The number of nitrogens with two attached hydrogens (primary N) is 1. The van der Waals surface area contributed by atoms with Crippen LogP contribution >= 0.6 is 11.3 Å². The summed E-state index contributed by atoms with van der Waals surface area (Å²) in [4.78, 5) is 15.6. The highest BCUT2D eigenvalue weighted by molar-refractivity contribution is 7.89. The van der Waals surface area contributed by atoms with E-state index in [1.807, 2.05) is 0 Å². The van der Waals surface area contributed by atoms with E-state index in [-0.39, 0.29) is 22.9 Å². The van der Waals surface area contributed by atoms with Crippen molar-refractivity contribution in [1.82, 2.24) is 14.9 Å². The lowest BCUT2D eigenvalue weighted by molar-refractivity contribution is 0.100. The molecule has 0 unspecified atom stereocenters. The predicted octanol–water partition coefficient (Wildman–Crippen LogP) is 0.634. The predicted molar refractivity (Wildman–Crippen MR) is 75.4 cm³/mol. The average molecular weight is 330 g/mol. The van der Waals surface area contributed by atoms with Crippen LogP contribution in [0.25, 0.3) is 0 Å². The van der Waals surface area contributed by atoms with Crippen molar-refractivity contribution in [3.63, 3.8) is 0 Å². The SMILES string of the molecule is Cc1nc(CNS(=O)(=O)c2c(C)noc2C)sc1C(N)=O. The van der Waals surface area contributed by atoms with Crippen molar-refractivity contribution in [1.29, 1.82) is 0 Å². The van der Waals surface area contributed by atoms with Crippen LogP contribution in [0.4, 0.5) is 0 Å². The maximum absolute atomic E-state index is 12.2. The van der Waals surface area contributed by atoms with Crippen molar-refractivity contribution < 1.29 is 17.7 Å². The monoisotopic (exact) mass is 330 g/mol. The number of aromatic nitrogens is 2. The van der Waals surface area contributed by atoms with Crippen molar-refractivity contribution in [2.75, 3.05) is 0 Å². The number of nitrogens with zero attached hydrogens (tertiary/aromatic N) is 2. The Morgan fingerprint density at radius 3 is 2.48 bits per heavy atom. The summed E-state index contributed by atoms with van der Waals surface area (Å²) in [6.07, 6.45) is 0. The van der Waals surface area contributed by atoms with Gasteiger partial charge in [-0.25, -0.2) is 18.1 Å². The summed E-state index contributed by atoms with van der Waals surface area (Å²) in [5.74, 6) is -0.363. The molecule has 0 atom stereocenters. The summed E-state index contributed by atoms with van der Waals surface area (Å²) in [7, 11) is -3.76. The number of primary amides is 1. The van der Waals surface area contributed by atoms with Crippen LogP contribution in [-0.2, 0) is 16.6 Å². The Hall–Kier alpha value is -1.78. The quantitative estimate of drug-likeness (QED) is 0.827. The van der Waals surface area contributed by atoms with E-state index in [1.54, 1.807) is 13.8 Å². The maximum atomic E-state index is 12.2. The fourth-order valence-corrected chi connectivity index (χ4v) is 4.10. The molecular weight excluding hydrogens is 316 g/mol. The summed E-state index contributed by atoms with van der Waals surface area (Å²) in [5, 5.41) is 4.07. The molecule has 0 radical (unpaired) electrons. The van der Waals surface area contributed by atoms with Gasteiger partial charge in [0.15, 0.2) is 5.76 Å². The minimum absolute atomic E-state index is 0.0194. The third kappa shape index (κ3) is 3.12. The number of hydrogen-bond acceptors (Lipinski definition) is 7. The average Bonchev–Trinajstić information content (AvgIpc) is 2.91. The van der Waals surface area contributed by atoms with Crippen LogP contribution in [0.3, 0.4) is 0 Å². The number of thiazole rings is 1. The second-order valence-corrected chi connectivity index (χ2v) is 7.15. The number of nitrogens with one attached hydrogen (secondary N) is 1. The Morgan fingerprint density at radius 1 is 1.33 bits per heavy atom. The smallest absolute Gasteiger partial charge is 0.260 e. The zero-order chi connectivity index (χ0) is 15.8. The third-order valence-corrected chi connectivity index (χ3v) is 5.53. The molecule has 21 heavy (non-hydrogen) atoms. The van der Waals surface area contributed by atoms with E-state index in [0.29, 0.717) is 15.6 Å². The molecule has 0 fully saturated rings. The van der Waals surface area contributed by atoms with Crippen LogP contribution < -0.4 is 10.5 Å². The van der Waals surface area contributed by atoms with E-state index < -0.39 is 15.9 Å². The highest BCUT2D eigenvalue weighted by Crippen LogP contribution is 2.21. The number of carbonyl (C=O) groups is 1. The van der Waals surface area contributed by atoms with Crippen molar-refractivity contribution in [3.05, 3.63) is 27.0 Å². The van der Waals surface area contributed by atoms with Gasteiger partial charge in [-0.1, -0.05) is 5.16 Å². The Labute approximate surface area is 125 Å². The fourth-order valence-electron chi connectivity index (χ4n) is 1.84. The van der Waals surface area contributed by atoms with Gasteiger partial charge in [0.25, 0.3) is 5.91 Å². The summed E-state index contributed by atoms with van der Waals surface area (Å²) in [5.41, 5.74) is 5.97. The molecule has 0 aliphatic heterocycles. The molecule has 8 nitrogen and oxygen atoms in total. The molecule has 0 spiro atoms. The molecule has 0 aliphatic carbocycles. The van der Waals surface area contributed by atoms with Gasteiger partial charge < -0.3 is 10.3 Å². The fraction of sp³-hybridized carbons (Fsp3) is 0.364. The number of carbonyl (C=O) groups excluding carboxylic acids is 1. The highest BCUT2D eigenvalue weighted by atomic mass is 32.2. The van der Waals surface area contributed by atoms with Crippen molar-refractivity contribution in [2.45, 2.75) is 32.2 Å². The molecule has 0 aromatic carbocycles. The number of rotatable bonds is 5. The maximum Gasteiger partial charge on any atom is 0.260 e. The van der Waals surface area contributed by atoms with Gasteiger partial charge in [-0.3, -0.25) is 4.79 Å². The van der Waals surface area contributed by atoms with Crippen LogP contribution in [0.2, 0.25) is 0 Å². The van der Waals surface area contributed by atoms with Gasteiger partial charge in [0.05, 0.1) is 12.2 Å². The van der Waals surface area contributed by atoms with Crippen LogP contribution in [0.1, 0.15) is 31.8 Å². The van der Waals surface area contributed by atoms with Crippen molar-refractivity contribution >= 4 is 27.3 Å². The minimum atomic E-state index is -3.76. The number of sulfonamides is 1. The molecule has 114 valence electrons. The lowest BCUT2D eigenvalue weighted by atomic mass is 10.4. The van der Waals surface area contributed by atoms with E-state index in [0.717, 1.165) is 11.3 Å². The number of hydrogen-bond donors (Lipinski definition) is 2. The molecule has 2 aromatic rings. The van der Waals surface area contributed by atoms with Crippen LogP contribution in [-0.4, -0.2) is 24.5 Å².